The highest BCUT2D eigenvalue weighted by molar-refractivity contribution is 7.89. The highest BCUT2D eigenvalue weighted by atomic mass is 32.2. The highest BCUT2D eigenvalue weighted by Crippen LogP contribution is 2.37. The van der Waals surface area contributed by atoms with Crippen LogP contribution in [-0.2, 0) is 19.2 Å². The van der Waals surface area contributed by atoms with Crippen LogP contribution >= 0.6 is 0 Å². The van der Waals surface area contributed by atoms with E-state index in [0.29, 0.717) is 6.61 Å². The number of rotatable bonds is 4. The standard InChI is InChI=1S/C16H34N2O5SSi/c1-15(2,3)23-14(19)18-13-11-24(20,21)17-9-12(13)10-22-25(7,8)16(4,5)6/h12-13,17H,9-11H2,1-8H3,(H,18,19)/t12-,13+/m0/s1. The molecule has 0 unspecified atom stereocenters. The molecule has 1 aliphatic rings. The summed E-state index contributed by atoms with van der Waals surface area (Å²) >= 11 is 0. The third kappa shape index (κ3) is 7.24. The molecule has 9 heteroatoms. The van der Waals surface area contributed by atoms with Crippen LogP contribution in [0.5, 0.6) is 0 Å². The van der Waals surface area contributed by atoms with Crippen LogP contribution in [0, 0.1) is 5.92 Å². The summed E-state index contributed by atoms with van der Waals surface area (Å²) in [4.78, 5) is 12.1. The molecule has 0 aromatic carbocycles. The zero-order valence-corrected chi connectivity index (χ0v) is 18.5. The Kier molecular flexibility index (Phi) is 6.75. The van der Waals surface area contributed by atoms with E-state index in [1.807, 2.05) is 0 Å². The van der Waals surface area contributed by atoms with Crippen LogP contribution in [0.1, 0.15) is 41.5 Å². The normalized spacial score (nSPS) is 24.6. The summed E-state index contributed by atoms with van der Waals surface area (Å²) in [6.45, 7) is 16.7. The quantitative estimate of drug-likeness (QED) is 0.714. The minimum atomic E-state index is -3.40. The van der Waals surface area contributed by atoms with Crippen LogP contribution in [-0.4, -0.2) is 53.4 Å². The van der Waals surface area contributed by atoms with Gasteiger partial charge in [-0.1, -0.05) is 20.8 Å². The first kappa shape index (κ1) is 22.4. The number of amides is 1. The maximum atomic E-state index is 12.1. The molecule has 148 valence electrons. The fourth-order valence-corrected chi connectivity index (χ4v) is 4.61. The topological polar surface area (TPSA) is 93.7 Å². The second kappa shape index (κ2) is 7.54. The lowest BCUT2D eigenvalue weighted by Gasteiger charge is -2.39. The number of carbonyl (C=O) groups is 1. The molecule has 0 aromatic rings. The number of hydrogen-bond donors (Lipinski definition) is 2. The maximum absolute atomic E-state index is 12.1. The molecule has 1 rings (SSSR count). The van der Waals surface area contributed by atoms with Gasteiger partial charge in [0.25, 0.3) is 0 Å². The Hall–Kier alpha value is -0.643. The Morgan fingerprint density at radius 2 is 1.76 bits per heavy atom. The molecule has 0 bridgehead atoms. The SMILES string of the molecule is CC(C)(C)OC(=O)N[C@@H]1CS(=O)(=O)NC[C@H]1CO[Si](C)(C)C(C)(C)C. The van der Waals surface area contributed by atoms with Crippen molar-refractivity contribution in [2.45, 2.75) is 71.3 Å². The molecule has 0 aromatic heterocycles. The lowest BCUT2D eigenvalue weighted by atomic mass is 10.0. The average Bonchev–Trinajstić information content (AvgIpc) is 2.32. The smallest absolute Gasteiger partial charge is 0.407 e. The van der Waals surface area contributed by atoms with Gasteiger partial charge < -0.3 is 14.5 Å². The minimum Gasteiger partial charge on any atom is -0.444 e. The van der Waals surface area contributed by atoms with E-state index in [4.69, 9.17) is 9.16 Å². The summed E-state index contributed by atoms with van der Waals surface area (Å²) in [5.74, 6) is -0.303. The molecule has 2 N–H and O–H groups in total. The van der Waals surface area contributed by atoms with Gasteiger partial charge in [-0.2, -0.15) is 0 Å². The summed E-state index contributed by atoms with van der Waals surface area (Å²) < 4.78 is 37.8. The van der Waals surface area contributed by atoms with Gasteiger partial charge in [-0.15, -0.1) is 0 Å². The van der Waals surface area contributed by atoms with Gasteiger partial charge >= 0.3 is 6.09 Å². The molecule has 0 spiro atoms. The lowest BCUT2D eigenvalue weighted by Crippen LogP contribution is -2.57. The molecule has 25 heavy (non-hydrogen) atoms. The Bertz CT molecular complexity index is 578. The Labute approximate surface area is 153 Å². The largest absolute Gasteiger partial charge is 0.444 e. The first-order valence-corrected chi connectivity index (χ1v) is 13.2. The second-order valence-corrected chi connectivity index (χ2v) is 15.9. The van der Waals surface area contributed by atoms with Crippen molar-refractivity contribution in [1.82, 2.24) is 10.0 Å². The third-order valence-corrected chi connectivity index (χ3v) is 10.6. The van der Waals surface area contributed by atoms with Crippen LogP contribution in [0.4, 0.5) is 4.79 Å². The van der Waals surface area contributed by atoms with Crippen molar-refractivity contribution in [1.29, 1.82) is 0 Å². The molecule has 7 nitrogen and oxygen atoms in total. The lowest BCUT2D eigenvalue weighted by molar-refractivity contribution is 0.0480. The van der Waals surface area contributed by atoms with Crippen molar-refractivity contribution in [3.05, 3.63) is 0 Å². The fourth-order valence-electron chi connectivity index (χ4n) is 2.13. The number of hydrogen-bond acceptors (Lipinski definition) is 5. The van der Waals surface area contributed by atoms with E-state index in [1.165, 1.54) is 0 Å². The number of nitrogens with one attached hydrogen (secondary N) is 2. The van der Waals surface area contributed by atoms with Crippen LogP contribution in [0.25, 0.3) is 0 Å². The summed E-state index contributed by atoms with van der Waals surface area (Å²) in [6, 6.07) is -0.536. The van der Waals surface area contributed by atoms with E-state index in [1.54, 1.807) is 20.8 Å². The van der Waals surface area contributed by atoms with E-state index >= 15 is 0 Å². The van der Waals surface area contributed by atoms with Gasteiger partial charge in [-0.05, 0) is 38.9 Å². The van der Waals surface area contributed by atoms with E-state index in [0.717, 1.165) is 0 Å². The predicted molar refractivity (Wildman–Crippen MR) is 102 cm³/mol. The zero-order chi connectivity index (χ0) is 19.7. The van der Waals surface area contributed by atoms with Gasteiger partial charge in [0.2, 0.25) is 10.0 Å². The molecular formula is C16H34N2O5SSi. The fraction of sp³-hybridized carbons (Fsp3) is 0.938. The van der Waals surface area contributed by atoms with Crippen molar-refractivity contribution in [2.75, 3.05) is 18.9 Å². The predicted octanol–water partition coefficient (Wildman–Crippen LogP) is 2.45. The van der Waals surface area contributed by atoms with Crippen LogP contribution in [0.15, 0.2) is 0 Å². The number of alkyl carbamates (subject to hydrolysis) is 1. The van der Waals surface area contributed by atoms with Crippen molar-refractivity contribution in [3.8, 4) is 0 Å². The Morgan fingerprint density at radius 3 is 2.24 bits per heavy atom. The summed E-state index contributed by atoms with van der Waals surface area (Å²) in [5, 5.41) is 2.78. The zero-order valence-electron chi connectivity index (χ0n) is 16.7. The average molecular weight is 395 g/mol. The Balaban J connectivity index is 2.80. The summed E-state index contributed by atoms with van der Waals surface area (Å²) in [6.07, 6.45) is -0.605. The second-order valence-electron chi connectivity index (χ2n) is 9.21. The van der Waals surface area contributed by atoms with E-state index in [2.05, 4.69) is 43.9 Å². The van der Waals surface area contributed by atoms with Gasteiger partial charge in [0.1, 0.15) is 5.60 Å². The molecule has 0 saturated carbocycles. The molecule has 0 radical (unpaired) electrons. The number of ether oxygens (including phenoxy) is 1. The minimum absolute atomic E-state index is 0.0647. The van der Waals surface area contributed by atoms with E-state index in [-0.39, 0.29) is 23.3 Å². The summed E-state index contributed by atoms with van der Waals surface area (Å²) in [5.41, 5.74) is -0.636. The van der Waals surface area contributed by atoms with Gasteiger partial charge in [-0.25, -0.2) is 17.9 Å². The molecule has 0 aliphatic carbocycles. The van der Waals surface area contributed by atoms with Gasteiger partial charge in [0.15, 0.2) is 8.32 Å². The van der Waals surface area contributed by atoms with Crippen molar-refractivity contribution < 1.29 is 22.4 Å². The number of carbonyl (C=O) groups excluding carboxylic acids is 1. The molecule has 1 heterocycles. The molecule has 1 fully saturated rings. The van der Waals surface area contributed by atoms with Gasteiger partial charge in [0.05, 0.1) is 11.8 Å². The third-order valence-electron chi connectivity index (χ3n) is 4.70. The van der Waals surface area contributed by atoms with E-state index in [9.17, 15) is 13.2 Å². The van der Waals surface area contributed by atoms with Crippen molar-refractivity contribution in [2.24, 2.45) is 5.92 Å². The molecular weight excluding hydrogens is 360 g/mol. The molecule has 1 saturated heterocycles. The first-order chi connectivity index (χ1) is 11.0. The monoisotopic (exact) mass is 394 g/mol. The van der Waals surface area contributed by atoms with Crippen LogP contribution in [0.2, 0.25) is 18.1 Å². The van der Waals surface area contributed by atoms with Gasteiger partial charge in [0, 0.05) is 19.1 Å². The maximum Gasteiger partial charge on any atom is 0.407 e. The van der Waals surface area contributed by atoms with E-state index < -0.39 is 36.1 Å². The van der Waals surface area contributed by atoms with Crippen molar-refractivity contribution >= 4 is 24.4 Å². The highest BCUT2D eigenvalue weighted by Gasteiger charge is 2.40. The molecule has 1 amide bonds. The Morgan fingerprint density at radius 1 is 1.20 bits per heavy atom. The van der Waals surface area contributed by atoms with Crippen LogP contribution in [0.3, 0.4) is 0 Å². The van der Waals surface area contributed by atoms with Crippen molar-refractivity contribution in [3.63, 3.8) is 0 Å². The molecule has 1 aliphatic heterocycles. The van der Waals surface area contributed by atoms with Gasteiger partial charge in [-0.3, -0.25) is 0 Å². The summed E-state index contributed by atoms with van der Waals surface area (Å²) in [7, 11) is -5.35. The first-order valence-electron chi connectivity index (χ1n) is 8.63. The molecule has 2 atom stereocenters. The number of sulfonamides is 1. The van der Waals surface area contributed by atoms with Crippen LogP contribution < -0.4 is 10.0 Å².